The molecule has 0 saturated heterocycles. The first-order valence-corrected chi connectivity index (χ1v) is 13.7. The number of fused-ring (bicyclic) bond motifs is 1. The highest BCUT2D eigenvalue weighted by Crippen LogP contribution is 2.23. The first-order chi connectivity index (χ1) is 19.4. The predicted molar refractivity (Wildman–Crippen MR) is 150 cm³/mol. The Hall–Kier alpha value is -4.33. The molecule has 208 valence electrons. The fraction of sp³-hybridized carbons (Fsp3) is 0.312. The molecule has 1 aliphatic rings. The standard InChI is InChI=1S/C32H34FN3O4/c1-2-3-19-34-30(38)28(21-23-10-5-4-6-11-23)36(22-24-15-17-25(33)18-16-24)29(37)14-9-20-35-31(39)26-12-7-8-13-27(26)32(35)40/h4-8,10-13,15-18,28H,2-3,9,14,19-22H2,1H3,(H,34,38)/t28-/m1/s1. The van der Waals surface area contributed by atoms with Crippen molar-refractivity contribution in [3.05, 3.63) is 107 Å². The van der Waals surface area contributed by atoms with Crippen molar-refractivity contribution in [1.29, 1.82) is 0 Å². The molecule has 0 saturated carbocycles. The summed E-state index contributed by atoms with van der Waals surface area (Å²) in [7, 11) is 0. The van der Waals surface area contributed by atoms with Gasteiger partial charge in [-0.3, -0.25) is 24.1 Å². The lowest BCUT2D eigenvalue weighted by Crippen LogP contribution is -2.50. The average Bonchev–Trinajstić information content (AvgIpc) is 3.21. The van der Waals surface area contributed by atoms with Gasteiger partial charge in [0, 0.05) is 32.5 Å². The van der Waals surface area contributed by atoms with Crippen LogP contribution in [-0.4, -0.2) is 52.6 Å². The fourth-order valence-electron chi connectivity index (χ4n) is 4.82. The van der Waals surface area contributed by atoms with E-state index in [-0.39, 0.29) is 55.4 Å². The lowest BCUT2D eigenvalue weighted by atomic mass is 10.0. The maximum atomic E-state index is 13.7. The Labute approximate surface area is 234 Å². The van der Waals surface area contributed by atoms with Crippen LogP contribution in [0.25, 0.3) is 0 Å². The molecule has 4 rings (SSSR count). The van der Waals surface area contributed by atoms with E-state index >= 15 is 0 Å². The quantitative estimate of drug-likeness (QED) is 0.249. The van der Waals surface area contributed by atoms with Crippen LogP contribution in [0, 0.1) is 5.82 Å². The highest BCUT2D eigenvalue weighted by Gasteiger charge is 2.35. The molecule has 1 atom stereocenters. The second kappa shape index (κ2) is 13.6. The van der Waals surface area contributed by atoms with Gasteiger partial charge in [-0.25, -0.2) is 4.39 Å². The van der Waals surface area contributed by atoms with Crippen LogP contribution in [0.3, 0.4) is 0 Å². The first-order valence-electron chi connectivity index (χ1n) is 13.7. The second-order valence-electron chi connectivity index (χ2n) is 9.91. The van der Waals surface area contributed by atoms with Gasteiger partial charge < -0.3 is 10.2 Å². The summed E-state index contributed by atoms with van der Waals surface area (Å²) in [5.41, 5.74) is 2.32. The van der Waals surface area contributed by atoms with Crippen molar-refractivity contribution in [2.45, 2.75) is 51.6 Å². The van der Waals surface area contributed by atoms with Gasteiger partial charge in [0.15, 0.2) is 0 Å². The number of amides is 4. The Bertz CT molecular complexity index is 1310. The van der Waals surface area contributed by atoms with Crippen LogP contribution in [0.2, 0.25) is 0 Å². The Morgan fingerprint density at radius 1 is 0.850 bits per heavy atom. The van der Waals surface area contributed by atoms with E-state index in [1.54, 1.807) is 36.4 Å². The topological polar surface area (TPSA) is 86.8 Å². The molecule has 1 N–H and O–H groups in total. The van der Waals surface area contributed by atoms with Gasteiger partial charge in [0.1, 0.15) is 11.9 Å². The maximum absolute atomic E-state index is 13.7. The summed E-state index contributed by atoms with van der Waals surface area (Å²) in [5, 5.41) is 2.97. The van der Waals surface area contributed by atoms with Gasteiger partial charge in [0.05, 0.1) is 11.1 Å². The molecule has 7 nitrogen and oxygen atoms in total. The molecular weight excluding hydrogens is 509 g/mol. The third kappa shape index (κ3) is 7.00. The fourth-order valence-corrected chi connectivity index (χ4v) is 4.82. The molecule has 0 spiro atoms. The Morgan fingerprint density at radius 2 is 1.48 bits per heavy atom. The van der Waals surface area contributed by atoms with Gasteiger partial charge in [0.2, 0.25) is 11.8 Å². The van der Waals surface area contributed by atoms with Gasteiger partial charge in [0.25, 0.3) is 11.8 Å². The van der Waals surface area contributed by atoms with Crippen molar-refractivity contribution >= 4 is 23.6 Å². The largest absolute Gasteiger partial charge is 0.354 e. The summed E-state index contributed by atoms with van der Waals surface area (Å²) in [6.07, 6.45) is 2.32. The van der Waals surface area contributed by atoms with Crippen LogP contribution in [0.15, 0.2) is 78.9 Å². The third-order valence-electron chi connectivity index (χ3n) is 7.02. The summed E-state index contributed by atoms with van der Waals surface area (Å²) in [5.74, 6) is -1.66. The molecule has 8 heteroatoms. The maximum Gasteiger partial charge on any atom is 0.261 e. The van der Waals surface area contributed by atoms with E-state index in [4.69, 9.17) is 0 Å². The highest BCUT2D eigenvalue weighted by molar-refractivity contribution is 6.21. The van der Waals surface area contributed by atoms with E-state index in [1.165, 1.54) is 21.9 Å². The van der Waals surface area contributed by atoms with E-state index in [1.807, 2.05) is 37.3 Å². The molecule has 0 aromatic heterocycles. The van der Waals surface area contributed by atoms with E-state index in [0.29, 0.717) is 29.7 Å². The van der Waals surface area contributed by atoms with Crippen LogP contribution < -0.4 is 5.32 Å². The molecule has 0 unspecified atom stereocenters. The number of unbranched alkanes of at least 4 members (excludes halogenated alkanes) is 1. The SMILES string of the molecule is CCCCNC(=O)[C@@H](Cc1ccccc1)N(Cc1ccc(F)cc1)C(=O)CCCN1C(=O)c2ccccc2C1=O. The lowest BCUT2D eigenvalue weighted by molar-refractivity contribution is -0.141. The van der Waals surface area contributed by atoms with Crippen molar-refractivity contribution < 1.29 is 23.6 Å². The predicted octanol–water partition coefficient (Wildman–Crippen LogP) is 4.76. The van der Waals surface area contributed by atoms with Crippen molar-refractivity contribution in [2.75, 3.05) is 13.1 Å². The third-order valence-corrected chi connectivity index (χ3v) is 7.02. The zero-order chi connectivity index (χ0) is 28.5. The van der Waals surface area contributed by atoms with Gasteiger partial charge in [-0.05, 0) is 48.2 Å². The minimum Gasteiger partial charge on any atom is -0.354 e. The van der Waals surface area contributed by atoms with Crippen LogP contribution in [0.5, 0.6) is 0 Å². The number of benzene rings is 3. The number of nitrogens with zero attached hydrogens (tertiary/aromatic N) is 2. The number of halogens is 1. The van der Waals surface area contributed by atoms with Crippen molar-refractivity contribution in [2.24, 2.45) is 0 Å². The van der Waals surface area contributed by atoms with E-state index in [2.05, 4.69) is 5.32 Å². The molecule has 0 fully saturated rings. The molecule has 0 bridgehead atoms. The summed E-state index contributed by atoms with van der Waals surface area (Å²) in [6, 6.07) is 21.2. The number of nitrogens with one attached hydrogen (secondary N) is 1. The molecule has 1 aliphatic heterocycles. The number of carbonyl (C=O) groups excluding carboxylic acids is 4. The Morgan fingerprint density at radius 3 is 2.10 bits per heavy atom. The summed E-state index contributed by atoms with van der Waals surface area (Å²) in [6.45, 7) is 2.74. The first kappa shape index (κ1) is 28.7. The van der Waals surface area contributed by atoms with E-state index < -0.39 is 6.04 Å². The number of rotatable bonds is 13. The second-order valence-corrected chi connectivity index (χ2v) is 9.91. The molecule has 3 aromatic carbocycles. The summed E-state index contributed by atoms with van der Waals surface area (Å²) >= 11 is 0. The normalized spacial score (nSPS) is 13.2. The number of imide groups is 1. The highest BCUT2D eigenvalue weighted by atomic mass is 19.1. The lowest BCUT2D eigenvalue weighted by Gasteiger charge is -2.32. The van der Waals surface area contributed by atoms with Crippen LogP contribution in [0.1, 0.15) is 64.4 Å². The number of hydrogen-bond acceptors (Lipinski definition) is 4. The molecule has 40 heavy (non-hydrogen) atoms. The van der Waals surface area contributed by atoms with Crippen molar-refractivity contribution in [1.82, 2.24) is 15.1 Å². The van der Waals surface area contributed by atoms with E-state index in [9.17, 15) is 23.6 Å². The molecule has 0 radical (unpaired) electrons. The van der Waals surface area contributed by atoms with Crippen molar-refractivity contribution in [3.63, 3.8) is 0 Å². The molecule has 1 heterocycles. The van der Waals surface area contributed by atoms with Gasteiger partial charge >= 0.3 is 0 Å². The zero-order valence-corrected chi connectivity index (χ0v) is 22.6. The van der Waals surface area contributed by atoms with Crippen LogP contribution in [-0.2, 0) is 22.6 Å². The van der Waals surface area contributed by atoms with Crippen LogP contribution >= 0.6 is 0 Å². The molecule has 0 aliphatic carbocycles. The molecular formula is C32H34FN3O4. The van der Waals surface area contributed by atoms with Crippen LogP contribution in [0.4, 0.5) is 4.39 Å². The average molecular weight is 544 g/mol. The van der Waals surface area contributed by atoms with E-state index in [0.717, 1.165) is 18.4 Å². The van der Waals surface area contributed by atoms with Gasteiger partial charge in [-0.15, -0.1) is 0 Å². The summed E-state index contributed by atoms with van der Waals surface area (Å²) < 4.78 is 13.6. The summed E-state index contributed by atoms with van der Waals surface area (Å²) in [4.78, 5) is 55.3. The number of hydrogen-bond donors (Lipinski definition) is 1. The zero-order valence-electron chi connectivity index (χ0n) is 22.6. The molecule has 4 amide bonds. The van der Waals surface area contributed by atoms with Gasteiger partial charge in [-0.1, -0.05) is 67.9 Å². The van der Waals surface area contributed by atoms with Crippen molar-refractivity contribution in [3.8, 4) is 0 Å². The smallest absolute Gasteiger partial charge is 0.261 e. The minimum atomic E-state index is -0.795. The minimum absolute atomic E-state index is 0.0299. The van der Waals surface area contributed by atoms with Gasteiger partial charge in [-0.2, -0.15) is 0 Å². The monoisotopic (exact) mass is 543 g/mol. The Balaban J connectivity index is 1.53. The Kier molecular flexibility index (Phi) is 9.78. The number of carbonyl (C=O) groups is 4. The molecule has 3 aromatic rings.